The van der Waals surface area contributed by atoms with E-state index in [4.69, 9.17) is 14.2 Å². The van der Waals surface area contributed by atoms with Gasteiger partial charge < -0.3 is 14.2 Å². The fourth-order valence-corrected chi connectivity index (χ4v) is 7.40. The summed E-state index contributed by atoms with van der Waals surface area (Å²) in [5.74, 6) is 0.819. The smallest absolute Gasteiger partial charge is 0.338 e. The largest absolute Gasteiger partial charge is 0.462 e. The highest BCUT2D eigenvalue weighted by Gasteiger charge is 2.19. The minimum absolute atomic E-state index is 0.183. The Morgan fingerprint density at radius 1 is 0.316 bits per heavy atom. The maximum atomic E-state index is 13.1. The molecule has 0 fully saturated rings. The van der Waals surface area contributed by atoms with Gasteiger partial charge in [0, 0.05) is 0 Å². The van der Waals surface area contributed by atoms with Crippen molar-refractivity contribution in [3.8, 4) is 0 Å². The topological polar surface area (TPSA) is 78.9 Å². The van der Waals surface area contributed by atoms with Gasteiger partial charge in [0.2, 0.25) is 0 Å². The fourth-order valence-electron chi connectivity index (χ4n) is 7.40. The molecule has 1 rings (SSSR count). The van der Waals surface area contributed by atoms with E-state index in [2.05, 4.69) is 41.5 Å². The summed E-state index contributed by atoms with van der Waals surface area (Å²) in [7, 11) is 0. The van der Waals surface area contributed by atoms with Gasteiger partial charge in [-0.3, -0.25) is 0 Å². The Balaban J connectivity index is 2.52. The number of hydrogen-bond donors (Lipinski definition) is 0. The van der Waals surface area contributed by atoms with Crippen LogP contribution in [0.5, 0.6) is 0 Å². The van der Waals surface area contributed by atoms with E-state index in [1.54, 1.807) is 0 Å². The van der Waals surface area contributed by atoms with Crippen molar-refractivity contribution >= 4 is 17.9 Å². The number of esters is 3. The lowest BCUT2D eigenvalue weighted by atomic mass is 10.0. The number of unbranched alkanes of at least 4 members (excludes halogenated alkanes) is 24. The third-order valence-corrected chi connectivity index (χ3v) is 11.1. The monoisotopic (exact) mass is 799 g/mol. The SMILES string of the molecule is CC(C)CCCCCCCCCCCOC(=O)c1cc(C(=O)OCCCCCCCCCCCC(C)C)cc(C(=O)OCCCCCCCCCCCC(C)C)c1. The van der Waals surface area contributed by atoms with Crippen molar-refractivity contribution in [2.75, 3.05) is 19.8 Å². The number of carbonyl (C=O) groups is 3. The molecule has 6 heteroatoms. The van der Waals surface area contributed by atoms with Gasteiger partial charge >= 0.3 is 17.9 Å². The average molecular weight is 799 g/mol. The zero-order chi connectivity index (χ0) is 41.8. The van der Waals surface area contributed by atoms with Crippen LogP contribution in [0.1, 0.15) is 265 Å². The third-order valence-electron chi connectivity index (χ3n) is 11.1. The minimum Gasteiger partial charge on any atom is -0.462 e. The highest BCUT2D eigenvalue weighted by molar-refractivity contribution is 6.00. The molecule has 0 radical (unpaired) electrons. The molecule has 0 aliphatic carbocycles. The van der Waals surface area contributed by atoms with Gasteiger partial charge in [-0.15, -0.1) is 0 Å². The molecular weight excluding hydrogens is 709 g/mol. The zero-order valence-electron chi connectivity index (χ0n) is 38.2. The van der Waals surface area contributed by atoms with Gasteiger partial charge in [-0.05, 0) is 55.2 Å². The number of carbonyl (C=O) groups excluding carboxylic acids is 3. The Morgan fingerprint density at radius 3 is 0.684 bits per heavy atom. The van der Waals surface area contributed by atoms with Gasteiger partial charge in [-0.2, -0.15) is 0 Å². The Bertz CT molecular complexity index is 974. The van der Waals surface area contributed by atoms with Crippen LogP contribution in [-0.4, -0.2) is 37.7 Å². The molecule has 0 N–H and O–H groups in total. The third kappa shape index (κ3) is 32.2. The molecule has 0 atom stereocenters. The van der Waals surface area contributed by atoms with E-state index in [0.29, 0.717) is 19.8 Å². The number of hydrogen-bond acceptors (Lipinski definition) is 6. The molecule has 0 heterocycles. The Labute approximate surface area is 352 Å². The van der Waals surface area contributed by atoms with Gasteiger partial charge in [0.15, 0.2) is 0 Å². The first-order chi connectivity index (χ1) is 27.6. The Kier molecular flexibility index (Phi) is 33.9. The van der Waals surface area contributed by atoms with Crippen molar-refractivity contribution < 1.29 is 28.6 Å². The summed E-state index contributed by atoms with van der Waals surface area (Å²) in [4.78, 5) is 39.4. The summed E-state index contributed by atoms with van der Waals surface area (Å²) < 4.78 is 16.8. The van der Waals surface area contributed by atoms with Crippen LogP contribution in [0.15, 0.2) is 18.2 Å². The van der Waals surface area contributed by atoms with Crippen LogP contribution in [0.4, 0.5) is 0 Å². The van der Waals surface area contributed by atoms with E-state index in [1.807, 2.05) is 0 Å². The molecule has 0 amide bonds. The second-order valence-corrected chi connectivity index (χ2v) is 18.3. The summed E-state index contributed by atoms with van der Waals surface area (Å²) >= 11 is 0. The molecule has 1 aromatic carbocycles. The van der Waals surface area contributed by atoms with Crippen LogP contribution in [0.25, 0.3) is 0 Å². The molecule has 6 nitrogen and oxygen atoms in total. The van der Waals surface area contributed by atoms with Crippen molar-refractivity contribution in [1.82, 2.24) is 0 Å². The standard InChI is InChI=1S/C51H90O6/c1-43(2)34-28-22-16-10-7-13-19-25-31-37-55-49(52)46-40-47(50(53)56-38-32-26-20-14-8-11-17-23-29-35-44(3)4)42-48(41-46)51(54)57-39-33-27-21-15-9-12-18-24-30-36-45(5)6/h40-45H,7-39H2,1-6H3. The van der Waals surface area contributed by atoms with Gasteiger partial charge in [0.05, 0.1) is 36.5 Å². The summed E-state index contributed by atoms with van der Waals surface area (Å²) in [5, 5.41) is 0. The van der Waals surface area contributed by atoms with Gasteiger partial charge in [0.25, 0.3) is 0 Å². The summed E-state index contributed by atoms with van der Waals surface area (Å²) in [6.07, 6.45) is 36.2. The predicted molar refractivity (Wildman–Crippen MR) is 240 cm³/mol. The summed E-state index contributed by atoms with van der Waals surface area (Å²) in [6.45, 7) is 14.7. The number of benzene rings is 1. The van der Waals surface area contributed by atoms with Crippen molar-refractivity contribution in [2.24, 2.45) is 17.8 Å². The van der Waals surface area contributed by atoms with Gasteiger partial charge in [0.1, 0.15) is 0 Å². The van der Waals surface area contributed by atoms with Crippen molar-refractivity contribution in [3.05, 3.63) is 34.9 Å². The van der Waals surface area contributed by atoms with E-state index < -0.39 is 17.9 Å². The first kappa shape index (κ1) is 52.6. The van der Waals surface area contributed by atoms with E-state index in [1.165, 1.54) is 153 Å². The average Bonchev–Trinajstić information content (AvgIpc) is 3.18. The molecule has 0 aliphatic heterocycles. The van der Waals surface area contributed by atoms with Crippen LogP contribution in [-0.2, 0) is 14.2 Å². The molecule has 0 bridgehead atoms. The number of rotatable bonds is 39. The minimum atomic E-state index is -0.528. The Hall–Kier alpha value is -2.37. The molecule has 0 aromatic heterocycles. The molecule has 330 valence electrons. The fraction of sp³-hybridized carbons (Fsp3) is 0.824. The number of ether oxygens (including phenoxy) is 3. The van der Waals surface area contributed by atoms with Crippen molar-refractivity contribution in [3.63, 3.8) is 0 Å². The van der Waals surface area contributed by atoms with Crippen LogP contribution in [0, 0.1) is 17.8 Å². The predicted octanol–water partition coefficient (Wildman–Crippen LogP) is 15.8. The lowest BCUT2D eigenvalue weighted by molar-refractivity contribution is 0.0494. The molecule has 0 saturated heterocycles. The first-order valence-electron chi connectivity index (χ1n) is 24.3. The van der Waals surface area contributed by atoms with Crippen LogP contribution >= 0.6 is 0 Å². The highest BCUT2D eigenvalue weighted by Crippen LogP contribution is 2.19. The maximum Gasteiger partial charge on any atom is 0.338 e. The zero-order valence-corrected chi connectivity index (χ0v) is 38.2. The van der Waals surface area contributed by atoms with Crippen LogP contribution in [0.2, 0.25) is 0 Å². The summed E-state index contributed by atoms with van der Waals surface area (Å²) in [6, 6.07) is 4.48. The lowest BCUT2D eigenvalue weighted by Crippen LogP contribution is -2.14. The molecule has 0 aliphatic rings. The molecule has 0 saturated carbocycles. The van der Waals surface area contributed by atoms with E-state index >= 15 is 0 Å². The van der Waals surface area contributed by atoms with Gasteiger partial charge in [-0.1, -0.05) is 215 Å². The first-order valence-corrected chi connectivity index (χ1v) is 24.3. The van der Waals surface area contributed by atoms with Gasteiger partial charge in [-0.25, -0.2) is 14.4 Å². The second-order valence-electron chi connectivity index (χ2n) is 18.3. The highest BCUT2D eigenvalue weighted by atomic mass is 16.5. The van der Waals surface area contributed by atoms with Crippen LogP contribution in [0.3, 0.4) is 0 Å². The normalized spacial score (nSPS) is 11.5. The van der Waals surface area contributed by atoms with E-state index in [-0.39, 0.29) is 16.7 Å². The quantitative estimate of drug-likeness (QED) is 0.0375. The van der Waals surface area contributed by atoms with Crippen LogP contribution < -0.4 is 0 Å². The van der Waals surface area contributed by atoms with E-state index in [0.717, 1.165) is 75.5 Å². The maximum absolute atomic E-state index is 13.1. The van der Waals surface area contributed by atoms with Crippen molar-refractivity contribution in [1.29, 1.82) is 0 Å². The lowest BCUT2D eigenvalue weighted by Gasteiger charge is -2.11. The second kappa shape index (κ2) is 36.7. The van der Waals surface area contributed by atoms with E-state index in [9.17, 15) is 14.4 Å². The molecule has 0 unspecified atom stereocenters. The summed E-state index contributed by atoms with van der Waals surface area (Å²) in [5.41, 5.74) is 0.548. The molecular formula is C51H90O6. The molecule has 0 spiro atoms. The molecule has 1 aromatic rings. The van der Waals surface area contributed by atoms with Crippen molar-refractivity contribution in [2.45, 2.75) is 234 Å². The molecule has 57 heavy (non-hydrogen) atoms. The Morgan fingerprint density at radius 2 is 0.491 bits per heavy atom.